The van der Waals surface area contributed by atoms with Crippen LogP contribution in [0.4, 0.5) is 0 Å². The smallest absolute Gasteiger partial charge is 0.251 e. The predicted octanol–water partition coefficient (Wildman–Crippen LogP) is 17.8. The Bertz CT molecular complexity index is 5690. The summed E-state index contributed by atoms with van der Waals surface area (Å²) in [5.41, 5.74) is 26.8. The van der Waals surface area contributed by atoms with Crippen molar-refractivity contribution in [3.8, 4) is 56.5 Å². The second-order valence-electron chi connectivity index (χ2n) is 23.5. The first kappa shape index (κ1) is 45.5. The lowest BCUT2D eigenvalue weighted by Crippen LogP contribution is -2.60. The van der Waals surface area contributed by atoms with Crippen LogP contribution >= 0.6 is 0 Å². The summed E-state index contributed by atoms with van der Waals surface area (Å²) in [6, 6.07) is 104. The van der Waals surface area contributed by atoms with Gasteiger partial charge >= 0.3 is 0 Å². The Morgan fingerprint density at radius 1 is 0.271 bits per heavy atom. The van der Waals surface area contributed by atoms with E-state index in [1.54, 1.807) is 0 Å². The maximum atomic E-state index is 7.12. The number of para-hydroxylation sites is 6. The molecule has 1 atom stereocenters. The average Bonchev–Trinajstić information content (AvgIpc) is 2.22. The summed E-state index contributed by atoms with van der Waals surface area (Å²) in [5, 5.41) is 9.93. The van der Waals surface area contributed by atoms with Crippen molar-refractivity contribution >= 4 is 110 Å². The van der Waals surface area contributed by atoms with Crippen molar-refractivity contribution < 1.29 is 4.74 Å². The third-order valence-corrected chi connectivity index (χ3v) is 19.3. The molecule has 17 aromatic rings. The first-order valence-electron chi connectivity index (χ1n) is 29.5. The molecular weight excluding hydrogens is 1030 g/mol. The van der Waals surface area contributed by atoms with Gasteiger partial charge in [0, 0.05) is 71.8 Å². The van der Waals surface area contributed by atoms with Crippen LogP contribution in [0.25, 0.3) is 132 Å². The van der Waals surface area contributed by atoms with E-state index in [1.165, 1.54) is 137 Å². The second kappa shape index (κ2) is 16.8. The predicted molar refractivity (Wildman–Crippen MR) is 353 cm³/mol. The summed E-state index contributed by atoms with van der Waals surface area (Å²) in [7, 11) is 0. The first-order chi connectivity index (χ1) is 42.2. The molecule has 13 aromatic carbocycles. The Morgan fingerprint density at radius 3 is 1.26 bits per heavy atom. The molecule has 4 aromatic heterocycles. The van der Waals surface area contributed by atoms with Gasteiger partial charge < -0.3 is 23.0 Å². The number of benzene rings is 13. The summed E-state index contributed by atoms with van der Waals surface area (Å²) in [5.74, 6) is 1.86. The molecule has 0 radical (unpaired) electrons. The molecule has 2 aliphatic heterocycles. The number of aromatic nitrogens is 4. The molecule has 0 N–H and O–H groups in total. The molecule has 0 saturated carbocycles. The van der Waals surface area contributed by atoms with Gasteiger partial charge in [0.15, 0.2) is 0 Å². The summed E-state index contributed by atoms with van der Waals surface area (Å²) in [6.07, 6.45) is 0. The van der Waals surface area contributed by atoms with Crippen molar-refractivity contribution in [1.29, 1.82) is 0 Å². The Balaban J connectivity index is 0.828. The van der Waals surface area contributed by atoms with Gasteiger partial charge in [-0.25, -0.2) is 0 Å². The van der Waals surface area contributed by atoms with Crippen molar-refractivity contribution in [2.45, 2.75) is 5.92 Å². The Morgan fingerprint density at radius 2 is 0.718 bits per heavy atom. The lowest BCUT2D eigenvalue weighted by Gasteiger charge is -2.36. The van der Waals surface area contributed by atoms with E-state index in [4.69, 9.17) is 4.74 Å². The van der Waals surface area contributed by atoms with E-state index in [1.807, 2.05) is 0 Å². The van der Waals surface area contributed by atoms with E-state index in [-0.39, 0.29) is 12.6 Å². The highest BCUT2D eigenvalue weighted by atomic mass is 16.5. The van der Waals surface area contributed by atoms with E-state index in [0.717, 1.165) is 39.8 Å². The standard InChI is InChI=1S/C79H47BN4O/c1-2-17-47(18-3-1)48-33-38-65-76(41-48)85-75-32-16-25-60-77-59-37-34-49(83-71-30-14-8-23-57(71)62-43-50(35-39-73(62)83)81-67-26-10-4-19-53(67)54-20-5-11-27-68(54)81)42-61(59)64-45-52(46-66(78(64)77)80(65)79(60)75)84-72-31-15-9-24-58(72)63-44-51(36-40-74(63)84)82-69-28-12-6-21-55(69)56-22-7-13-29-70(56)82/h1-46,77H. The molecule has 6 heteroatoms. The molecule has 0 fully saturated rings. The van der Waals surface area contributed by atoms with E-state index in [0.29, 0.717) is 0 Å². The zero-order valence-corrected chi connectivity index (χ0v) is 45.9. The number of hydrogen-bond donors (Lipinski definition) is 0. The molecule has 85 heavy (non-hydrogen) atoms. The van der Waals surface area contributed by atoms with E-state index >= 15 is 0 Å². The fourth-order valence-corrected chi connectivity index (χ4v) is 15.9. The van der Waals surface area contributed by atoms with Gasteiger partial charge in [0.2, 0.25) is 0 Å². The van der Waals surface area contributed by atoms with Gasteiger partial charge in [-0.1, -0.05) is 175 Å². The molecule has 0 amide bonds. The van der Waals surface area contributed by atoms with Crippen LogP contribution in [0.5, 0.6) is 11.5 Å². The van der Waals surface area contributed by atoms with Gasteiger partial charge in [-0.05, 0) is 159 Å². The molecule has 1 unspecified atom stereocenters. The lowest BCUT2D eigenvalue weighted by molar-refractivity contribution is 0.487. The minimum Gasteiger partial charge on any atom is -0.458 e. The topological polar surface area (TPSA) is 28.9 Å². The molecule has 6 heterocycles. The van der Waals surface area contributed by atoms with Gasteiger partial charge in [0.05, 0.1) is 44.1 Å². The minimum atomic E-state index is -0.0606. The van der Waals surface area contributed by atoms with Crippen LogP contribution in [0, 0.1) is 0 Å². The molecule has 392 valence electrons. The largest absolute Gasteiger partial charge is 0.458 e. The van der Waals surface area contributed by atoms with E-state index in [2.05, 4.69) is 297 Å². The third-order valence-electron chi connectivity index (χ3n) is 19.3. The SMILES string of the molecule is c1ccc(-c2ccc3c(c2)Oc2cccc4c2B3c2cc(-n3c5ccccc5c5cc(-n6c7ccccc7c7ccccc76)ccc53)cc3c2C4c2ccc(-n4c5ccccc5c5cc(-n6c7ccccc7c7ccccc76)ccc54)cc2-3)cc1. The fourth-order valence-electron chi connectivity index (χ4n) is 15.9. The van der Waals surface area contributed by atoms with Crippen molar-refractivity contribution in [2.75, 3.05) is 0 Å². The van der Waals surface area contributed by atoms with Crippen molar-refractivity contribution in [3.63, 3.8) is 0 Å². The molecule has 0 bridgehead atoms. The van der Waals surface area contributed by atoms with Crippen LogP contribution in [0.15, 0.2) is 279 Å². The highest BCUT2D eigenvalue weighted by Crippen LogP contribution is 2.52. The summed E-state index contributed by atoms with van der Waals surface area (Å²) in [4.78, 5) is 0. The Kier molecular flexibility index (Phi) is 8.99. The molecule has 0 spiro atoms. The lowest BCUT2D eigenvalue weighted by atomic mass is 9.32. The molecule has 3 aliphatic rings. The first-order valence-corrected chi connectivity index (χ1v) is 29.5. The van der Waals surface area contributed by atoms with Crippen molar-refractivity contribution in [1.82, 2.24) is 18.3 Å². The number of nitrogens with zero attached hydrogens (tertiary/aromatic N) is 4. The minimum absolute atomic E-state index is 0.0156. The summed E-state index contributed by atoms with van der Waals surface area (Å²) >= 11 is 0. The maximum absolute atomic E-state index is 7.12. The van der Waals surface area contributed by atoms with E-state index < -0.39 is 0 Å². The summed E-state index contributed by atoms with van der Waals surface area (Å²) in [6.45, 7) is -0.0606. The van der Waals surface area contributed by atoms with Crippen LogP contribution < -0.4 is 21.1 Å². The zero-order chi connectivity index (χ0) is 55.2. The van der Waals surface area contributed by atoms with Gasteiger partial charge in [-0.3, -0.25) is 0 Å². The van der Waals surface area contributed by atoms with Crippen LogP contribution in [0.3, 0.4) is 0 Å². The Labute approximate surface area is 488 Å². The monoisotopic (exact) mass is 1080 g/mol. The number of rotatable bonds is 5. The van der Waals surface area contributed by atoms with Gasteiger partial charge in [0.25, 0.3) is 6.71 Å². The summed E-state index contributed by atoms with van der Waals surface area (Å²) < 4.78 is 17.0. The molecular formula is C79H47BN4O. The molecule has 0 saturated heterocycles. The zero-order valence-electron chi connectivity index (χ0n) is 45.9. The quantitative estimate of drug-likeness (QED) is 0.158. The Hall–Kier alpha value is -11.1. The highest BCUT2D eigenvalue weighted by molar-refractivity contribution is 6.98. The number of hydrogen-bond acceptors (Lipinski definition) is 1. The van der Waals surface area contributed by atoms with Crippen LogP contribution in [-0.4, -0.2) is 25.0 Å². The third kappa shape index (κ3) is 6.12. The van der Waals surface area contributed by atoms with Gasteiger partial charge in [0.1, 0.15) is 11.5 Å². The van der Waals surface area contributed by atoms with Crippen LogP contribution in [0.1, 0.15) is 22.6 Å². The number of ether oxygens (including phenoxy) is 1. The molecule has 20 rings (SSSR count). The maximum Gasteiger partial charge on any atom is 0.251 e. The van der Waals surface area contributed by atoms with Crippen molar-refractivity contribution in [2.24, 2.45) is 0 Å². The molecule has 1 aliphatic carbocycles. The molecule has 5 nitrogen and oxygen atoms in total. The normalized spacial score (nSPS) is 13.8. The highest BCUT2D eigenvalue weighted by Gasteiger charge is 2.47. The van der Waals surface area contributed by atoms with Gasteiger partial charge in [-0.15, -0.1) is 0 Å². The van der Waals surface area contributed by atoms with Crippen LogP contribution in [0.2, 0.25) is 0 Å². The van der Waals surface area contributed by atoms with Gasteiger partial charge in [-0.2, -0.15) is 0 Å². The second-order valence-corrected chi connectivity index (χ2v) is 23.5. The van der Waals surface area contributed by atoms with Crippen molar-refractivity contribution in [3.05, 3.63) is 296 Å². The van der Waals surface area contributed by atoms with E-state index in [9.17, 15) is 0 Å². The fraction of sp³-hybridized carbons (Fsp3) is 0.0127. The number of fused-ring (bicyclic) bond motifs is 19. The average molecular weight is 1080 g/mol. The van der Waals surface area contributed by atoms with Crippen LogP contribution in [-0.2, 0) is 0 Å².